The minimum Gasteiger partial charge on any atom is -0.496 e. The molecule has 1 saturated heterocycles. The molecule has 6 nitrogen and oxygen atoms in total. The van der Waals surface area contributed by atoms with Gasteiger partial charge in [-0.1, -0.05) is 19.1 Å². The van der Waals surface area contributed by atoms with E-state index in [-0.39, 0.29) is 0 Å². The monoisotopic (exact) mass is 415 g/mol. The number of fused-ring (bicyclic) bond motifs is 3. The lowest BCUT2D eigenvalue weighted by Crippen LogP contribution is -2.46. The van der Waals surface area contributed by atoms with E-state index in [0.717, 1.165) is 77.1 Å². The molecule has 0 unspecified atom stereocenters. The van der Waals surface area contributed by atoms with Crippen LogP contribution in [0.5, 0.6) is 5.75 Å². The van der Waals surface area contributed by atoms with Crippen LogP contribution in [0.2, 0.25) is 0 Å². The lowest BCUT2D eigenvalue weighted by Gasteiger charge is -2.35. The van der Waals surface area contributed by atoms with E-state index in [9.17, 15) is 0 Å². The number of methoxy groups -OCH3 is 1. The number of hydrogen-bond donors (Lipinski definition) is 0. The van der Waals surface area contributed by atoms with Crippen LogP contribution in [-0.2, 0) is 7.05 Å². The van der Waals surface area contributed by atoms with Gasteiger partial charge < -0.3 is 14.5 Å². The first kappa shape index (κ1) is 19.8. The van der Waals surface area contributed by atoms with Gasteiger partial charge >= 0.3 is 0 Å². The fourth-order valence-electron chi connectivity index (χ4n) is 4.64. The summed E-state index contributed by atoms with van der Waals surface area (Å²) >= 11 is 0. The lowest BCUT2D eigenvalue weighted by molar-refractivity contribution is 0.271. The molecule has 5 rings (SSSR count). The maximum atomic E-state index is 5.50. The quantitative estimate of drug-likeness (QED) is 0.499. The van der Waals surface area contributed by atoms with E-state index in [1.165, 1.54) is 5.69 Å². The van der Waals surface area contributed by atoms with Gasteiger partial charge in [-0.15, -0.1) is 0 Å². The molecule has 0 bridgehead atoms. The molecular weight excluding hydrogens is 386 g/mol. The Morgan fingerprint density at radius 1 is 1.03 bits per heavy atom. The normalized spacial score (nSPS) is 15.2. The largest absolute Gasteiger partial charge is 0.496 e. The zero-order valence-corrected chi connectivity index (χ0v) is 18.7. The smallest absolute Gasteiger partial charge is 0.123 e. The number of likely N-dealkylation sites (N-methyl/N-ethyl adjacent to an activating group) is 1. The van der Waals surface area contributed by atoms with Crippen LogP contribution in [0.4, 0.5) is 5.69 Å². The Morgan fingerprint density at radius 2 is 1.77 bits per heavy atom. The average Bonchev–Trinajstić information content (AvgIpc) is 3.15. The molecule has 3 heterocycles. The molecule has 2 aromatic carbocycles. The van der Waals surface area contributed by atoms with E-state index in [1.807, 2.05) is 24.0 Å². The molecule has 0 saturated carbocycles. The van der Waals surface area contributed by atoms with E-state index >= 15 is 0 Å². The average molecular weight is 416 g/mol. The van der Waals surface area contributed by atoms with Crippen LogP contribution in [0.1, 0.15) is 12.5 Å². The summed E-state index contributed by atoms with van der Waals surface area (Å²) in [5, 5.41) is 7.12. The minimum absolute atomic E-state index is 0.859. The number of aryl methyl sites for hydroxylation is 2. The predicted molar refractivity (Wildman–Crippen MR) is 127 cm³/mol. The number of aromatic nitrogens is 3. The van der Waals surface area contributed by atoms with E-state index in [1.54, 1.807) is 7.11 Å². The topological polar surface area (TPSA) is 46.4 Å². The van der Waals surface area contributed by atoms with Gasteiger partial charge in [0.25, 0.3) is 0 Å². The van der Waals surface area contributed by atoms with Crippen LogP contribution in [-0.4, -0.2) is 59.5 Å². The number of piperazine rings is 1. The van der Waals surface area contributed by atoms with Gasteiger partial charge in [-0.2, -0.15) is 5.10 Å². The second-order valence-electron chi connectivity index (χ2n) is 8.30. The van der Waals surface area contributed by atoms with Crippen LogP contribution in [0, 0.1) is 6.92 Å². The minimum atomic E-state index is 0.859. The highest BCUT2D eigenvalue weighted by Gasteiger charge is 2.18. The summed E-state index contributed by atoms with van der Waals surface area (Å²) in [6.07, 6.45) is 1.91. The van der Waals surface area contributed by atoms with Crippen LogP contribution < -0.4 is 9.64 Å². The number of pyridine rings is 1. The Hall–Kier alpha value is -3.12. The van der Waals surface area contributed by atoms with Crippen molar-refractivity contribution in [1.82, 2.24) is 19.7 Å². The summed E-state index contributed by atoms with van der Waals surface area (Å²) in [5.74, 6) is 0.859. The van der Waals surface area contributed by atoms with Crippen LogP contribution >= 0.6 is 0 Å². The number of hydrogen-bond acceptors (Lipinski definition) is 5. The van der Waals surface area contributed by atoms with Gasteiger partial charge in [-0.3, -0.25) is 9.67 Å². The van der Waals surface area contributed by atoms with Crippen LogP contribution in [0.25, 0.3) is 33.1 Å². The molecule has 2 aromatic heterocycles. The molecule has 0 radical (unpaired) electrons. The van der Waals surface area contributed by atoms with Crippen molar-refractivity contribution in [1.29, 1.82) is 0 Å². The van der Waals surface area contributed by atoms with Gasteiger partial charge in [0.05, 0.1) is 24.3 Å². The zero-order valence-electron chi connectivity index (χ0n) is 18.7. The van der Waals surface area contributed by atoms with Crippen molar-refractivity contribution in [3.05, 3.63) is 48.2 Å². The summed E-state index contributed by atoms with van der Waals surface area (Å²) in [7, 11) is 3.68. The molecule has 0 atom stereocenters. The van der Waals surface area contributed by atoms with Crippen molar-refractivity contribution < 1.29 is 4.74 Å². The van der Waals surface area contributed by atoms with Gasteiger partial charge in [0.15, 0.2) is 0 Å². The predicted octanol–water partition coefficient (Wildman–Crippen LogP) is 4.25. The second kappa shape index (κ2) is 7.85. The fraction of sp³-hybridized carbons (Fsp3) is 0.360. The maximum Gasteiger partial charge on any atom is 0.123 e. The molecule has 0 N–H and O–H groups in total. The van der Waals surface area contributed by atoms with E-state index in [0.29, 0.717) is 0 Å². The van der Waals surface area contributed by atoms with Crippen molar-refractivity contribution >= 4 is 27.5 Å². The zero-order chi connectivity index (χ0) is 21.5. The highest BCUT2D eigenvalue weighted by molar-refractivity contribution is 6.11. The van der Waals surface area contributed by atoms with Crippen molar-refractivity contribution in [2.24, 2.45) is 7.05 Å². The molecule has 1 aliphatic rings. The lowest BCUT2D eigenvalue weighted by atomic mass is 10.0. The molecule has 1 fully saturated rings. The van der Waals surface area contributed by atoms with E-state index in [4.69, 9.17) is 9.84 Å². The first-order valence-corrected chi connectivity index (χ1v) is 11.0. The molecule has 0 spiro atoms. The summed E-state index contributed by atoms with van der Waals surface area (Å²) in [6, 6.07) is 13.0. The Kier molecular flexibility index (Phi) is 5.02. The second-order valence-corrected chi connectivity index (χ2v) is 8.30. The third-order valence-electron chi connectivity index (χ3n) is 6.53. The molecule has 1 aliphatic heterocycles. The Labute approximate surface area is 183 Å². The van der Waals surface area contributed by atoms with Crippen molar-refractivity contribution in [2.45, 2.75) is 13.8 Å². The molecular formula is C25H29N5O. The third kappa shape index (κ3) is 3.41. The molecule has 4 aromatic rings. The van der Waals surface area contributed by atoms with Gasteiger partial charge in [0.1, 0.15) is 11.4 Å². The molecule has 6 heteroatoms. The van der Waals surface area contributed by atoms with E-state index in [2.05, 4.69) is 59.0 Å². The number of anilines is 1. The van der Waals surface area contributed by atoms with Crippen molar-refractivity contribution in [2.75, 3.05) is 44.7 Å². The number of benzene rings is 2. The highest BCUT2D eigenvalue weighted by atomic mass is 16.5. The molecule has 0 amide bonds. The van der Waals surface area contributed by atoms with Crippen molar-refractivity contribution in [3.8, 4) is 17.0 Å². The van der Waals surface area contributed by atoms with Gasteiger partial charge in [0, 0.05) is 61.3 Å². The number of ether oxygens (including phenoxy) is 1. The van der Waals surface area contributed by atoms with Gasteiger partial charge in [0.2, 0.25) is 0 Å². The van der Waals surface area contributed by atoms with Crippen LogP contribution in [0.15, 0.2) is 42.6 Å². The summed E-state index contributed by atoms with van der Waals surface area (Å²) in [5.41, 5.74) is 6.47. The van der Waals surface area contributed by atoms with Gasteiger partial charge in [-0.05, 0) is 37.2 Å². The van der Waals surface area contributed by atoms with E-state index < -0.39 is 0 Å². The highest BCUT2D eigenvalue weighted by Crippen LogP contribution is 2.36. The SMILES string of the molecule is CCN1CCN(c2ccc(-c3nn(C)c4cnc5cc(OC)c(C)cc5c34)cc2)CC1. The molecule has 0 aliphatic carbocycles. The Bertz CT molecular complexity index is 1240. The standard InChI is InChI=1S/C25H29N5O/c1-5-29-10-12-30(13-11-29)19-8-6-18(7-9-19)25-24-20-14-17(2)23(31-4)15-21(20)26-16-22(24)28(3)27-25/h6-9,14-16H,5,10-13H2,1-4H3. The Balaban J connectivity index is 1.56. The summed E-state index contributed by atoms with van der Waals surface area (Å²) in [6.45, 7) is 9.86. The fourth-order valence-corrected chi connectivity index (χ4v) is 4.64. The number of rotatable bonds is 4. The maximum absolute atomic E-state index is 5.50. The first-order chi connectivity index (χ1) is 15.1. The summed E-state index contributed by atoms with van der Waals surface area (Å²) in [4.78, 5) is 9.64. The Morgan fingerprint density at radius 3 is 2.45 bits per heavy atom. The molecule has 31 heavy (non-hydrogen) atoms. The summed E-state index contributed by atoms with van der Waals surface area (Å²) < 4.78 is 7.43. The van der Waals surface area contributed by atoms with Gasteiger partial charge in [-0.25, -0.2) is 0 Å². The first-order valence-electron chi connectivity index (χ1n) is 11.0. The van der Waals surface area contributed by atoms with Crippen molar-refractivity contribution in [3.63, 3.8) is 0 Å². The van der Waals surface area contributed by atoms with Crippen LogP contribution in [0.3, 0.4) is 0 Å². The third-order valence-corrected chi connectivity index (χ3v) is 6.53. The number of nitrogens with zero attached hydrogens (tertiary/aromatic N) is 5. The molecule has 160 valence electrons.